The molecule has 8 nitrogen and oxygen atoms in total. The number of fused-ring (bicyclic) bond motifs is 1. The molecule has 2 aromatic rings. The van der Waals surface area contributed by atoms with Crippen LogP contribution in [0.2, 0.25) is 0 Å². The molecule has 0 saturated carbocycles. The number of nitrogens with zero attached hydrogens (tertiary/aromatic N) is 2. The molecule has 2 aromatic carbocycles. The molecule has 152 valence electrons. The Hall–Kier alpha value is -3.42. The molecule has 3 rings (SSSR count). The SMILES string of the molecule is CN(C(=O)COC(=O)COc1ccc([N+](=O)[O-])cc1)[C@H]1CCCc2ccccc21. The Bertz CT molecular complexity index is 896. The fourth-order valence-electron chi connectivity index (χ4n) is 3.40. The van der Waals surface area contributed by atoms with Crippen LogP contribution in [0, 0.1) is 10.1 Å². The number of hydrogen-bond donors (Lipinski definition) is 0. The Morgan fingerprint density at radius 2 is 1.86 bits per heavy atom. The lowest BCUT2D eigenvalue weighted by atomic mass is 9.87. The van der Waals surface area contributed by atoms with Crippen molar-refractivity contribution < 1.29 is 24.0 Å². The van der Waals surface area contributed by atoms with Crippen LogP contribution < -0.4 is 4.74 Å². The average molecular weight is 398 g/mol. The van der Waals surface area contributed by atoms with Crippen LogP contribution in [0.4, 0.5) is 5.69 Å². The minimum Gasteiger partial charge on any atom is -0.482 e. The maximum absolute atomic E-state index is 12.5. The predicted octanol–water partition coefficient (Wildman–Crippen LogP) is 3.05. The fourth-order valence-corrected chi connectivity index (χ4v) is 3.40. The monoisotopic (exact) mass is 398 g/mol. The van der Waals surface area contributed by atoms with Crippen molar-refractivity contribution in [3.8, 4) is 5.75 Å². The molecule has 0 saturated heterocycles. The van der Waals surface area contributed by atoms with Gasteiger partial charge >= 0.3 is 5.97 Å². The Labute approximate surface area is 168 Å². The average Bonchev–Trinajstić information content (AvgIpc) is 2.75. The second-order valence-electron chi connectivity index (χ2n) is 6.81. The summed E-state index contributed by atoms with van der Waals surface area (Å²) in [5, 5.41) is 10.6. The van der Waals surface area contributed by atoms with Crippen LogP contribution in [0.3, 0.4) is 0 Å². The normalized spacial score (nSPS) is 15.1. The summed E-state index contributed by atoms with van der Waals surface area (Å²) in [7, 11) is 1.72. The summed E-state index contributed by atoms with van der Waals surface area (Å²) < 4.78 is 10.3. The number of nitro benzene ring substituents is 1. The number of benzene rings is 2. The van der Waals surface area contributed by atoms with Gasteiger partial charge in [0.15, 0.2) is 13.2 Å². The standard InChI is InChI=1S/C21H22N2O6/c1-22(19-8-4-6-15-5-2-3-7-18(15)19)20(24)13-29-21(25)14-28-17-11-9-16(10-12-17)23(26)27/h2-3,5,7,9-12,19H,4,6,8,13-14H2,1H3/t19-/m0/s1. The lowest BCUT2D eigenvalue weighted by molar-refractivity contribution is -0.384. The number of likely N-dealkylation sites (N-methyl/N-ethyl adjacent to an activating group) is 1. The summed E-state index contributed by atoms with van der Waals surface area (Å²) in [5.74, 6) is -0.667. The Morgan fingerprint density at radius 3 is 2.59 bits per heavy atom. The van der Waals surface area contributed by atoms with Crippen LogP contribution >= 0.6 is 0 Å². The van der Waals surface area contributed by atoms with E-state index in [1.807, 2.05) is 18.2 Å². The van der Waals surface area contributed by atoms with Crippen LogP contribution in [0.5, 0.6) is 5.75 Å². The minimum atomic E-state index is -0.686. The molecule has 1 amide bonds. The molecule has 0 radical (unpaired) electrons. The summed E-state index contributed by atoms with van der Waals surface area (Å²) in [6.45, 7) is -0.751. The van der Waals surface area contributed by atoms with Crippen molar-refractivity contribution in [3.63, 3.8) is 0 Å². The van der Waals surface area contributed by atoms with Crippen molar-refractivity contribution in [2.75, 3.05) is 20.3 Å². The first-order chi connectivity index (χ1) is 14.0. The van der Waals surface area contributed by atoms with Gasteiger partial charge in [0.05, 0.1) is 11.0 Å². The molecule has 0 spiro atoms. The van der Waals surface area contributed by atoms with Gasteiger partial charge in [-0.25, -0.2) is 4.79 Å². The summed E-state index contributed by atoms with van der Waals surface area (Å²) in [4.78, 5) is 36.1. The number of carbonyl (C=O) groups excluding carboxylic acids is 2. The van der Waals surface area contributed by atoms with Crippen LogP contribution in [0.1, 0.15) is 30.0 Å². The van der Waals surface area contributed by atoms with Gasteiger partial charge in [-0.3, -0.25) is 14.9 Å². The van der Waals surface area contributed by atoms with Gasteiger partial charge in [-0.05, 0) is 42.5 Å². The van der Waals surface area contributed by atoms with Crippen molar-refractivity contribution in [2.24, 2.45) is 0 Å². The van der Waals surface area contributed by atoms with E-state index in [0.717, 1.165) is 24.8 Å². The van der Waals surface area contributed by atoms with Gasteiger partial charge in [0.1, 0.15) is 5.75 Å². The molecular weight excluding hydrogens is 376 g/mol. The second kappa shape index (κ2) is 9.18. The van der Waals surface area contributed by atoms with Gasteiger partial charge in [-0.2, -0.15) is 0 Å². The molecule has 8 heteroatoms. The van der Waals surface area contributed by atoms with E-state index in [1.165, 1.54) is 29.8 Å². The number of nitro groups is 1. The number of non-ortho nitro benzene ring substituents is 1. The van der Waals surface area contributed by atoms with Gasteiger partial charge in [-0.15, -0.1) is 0 Å². The van der Waals surface area contributed by atoms with Gasteiger partial charge < -0.3 is 14.4 Å². The zero-order chi connectivity index (χ0) is 20.8. The van der Waals surface area contributed by atoms with Crippen LogP contribution in [-0.4, -0.2) is 42.0 Å². The first-order valence-electron chi connectivity index (χ1n) is 9.32. The van der Waals surface area contributed by atoms with E-state index in [0.29, 0.717) is 5.75 Å². The molecule has 1 aliphatic rings. The van der Waals surface area contributed by atoms with Crippen LogP contribution in [0.15, 0.2) is 48.5 Å². The molecule has 1 atom stereocenters. The molecule has 0 aromatic heterocycles. The summed E-state index contributed by atoms with van der Waals surface area (Å²) in [6.07, 6.45) is 2.88. The van der Waals surface area contributed by atoms with Crippen molar-refractivity contribution in [3.05, 3.63) is 69.8 Å². The molecule has 0 N–H and O–H groups in total. The molecule has 0 unspecified atom stereocenters. The van der Waals surface area contributed by atoms with E-state index < -0.39 is 10.9 Å². The zero-order valence-corrected chi connectivity index (χ0v) is 16.1. The van der Waals surface area contributed by atoms with Crippen molar-refractivity contribution in [1.29, 1.82) is 0 Å². The fraction of sp³-hybridized carbons (Fsp3) is 0.333. The molecule has 1 aliphatic carbocycles. The Kier molecular flexibility index (Phi) is 6.43. The third-order valence-corrected chi connectivity index (χ3v) is 4.96. The predicted molar refractivity (Wildman–Crippen MR) is 104 cm³/mol. The lowest BCUT2D eigenvalue weighted by Crippen LogP contribution is -2.36. The van der Waals surface area contributed by atoms with Gasteiger partial charge in [0.2, 0.25) is 0 Å². The number of ether oxygens (including phenoxy) is 2. The van der Waals surface area contributed by atoms with Crippen LogP contribution in [-0.2, 0) is 20.7 Å². The van der Waals surface area contributed by atoms with Gasteiger partial charge in [-0.1, -0.05) is 24.3 Å². The highest BCUT2D eigenvalue weighted by molar-refractivity contribution is 5.81. The highest BCUT2D eigenvalue weighted by atomic mass is 16.6. The first kappa shape index (κ1) is 20.3. The molecule has 0 fully saturated rings. The molecule has 0 aliphatic heterocycles. The topological polar surface area (TPSA) is 99.0 Å². The van der Waals surface area contributed by atoms with Crippen molar-refractivity contribution >= 4 is 17.6 Å². The van der Waals surface area contributed by atoms with E-state index in [9.17, 15) is 19.7 Å². The quantitative estimate of drug-likeness (QED) is 0.404. The number of amides is 1. The van der Waals surface area contributed by atoms with Crippen molar-refractivity contribution in [1.82, 2.24) is 4.90 Å². The van der Waals surface area contributed by atoms with Gasteiger partial charge in [0, 0.05) is 19.2 Å². The highest BCUT2D eigenvalue weighted by Gasteiger charge is 2.27. The third kappa shape index (κ3) is 5.10. The third-order valence-electron chi connectivity index (χ3n) is 4.96. The summed E-state index contributed by atoms with van der Waals surface area (Å²) in [5.41, 5.74) is 2.32. The largest absolute Gasteiger partial charge is 0.482 e. The maximum atomic E-state index is 12.5. The molecule has 29 heavy (non-hydrogen) atoms. The number of carbonyl (C=O) groups is 2. The Balaban J connectivity index is 1.47. The van der Waals surface area contributed by atoms with Crippen molar-refractivity contribution in [2.45, 2.75) is 25.3 Å². The van der Waals surface area contributed by atoms with Crippen LogP contribution in [0.25, 0.3) is 0 Å². The van der Waals surface area contributed by atoms with E-state index in [-0.39, 0.29) is 30.9 Å². The molecule has 0 heterocycles. The number of esters is 1. The number of hydrogen-bond acceptors (Lipinski definition) is 6. The maximum Gasteiger partial charge on any atom is 0.344 e. The summed E-state index contributed by atoms with van der Waals surface area (Å²) >= 11 is 0. The summed E-state index contributed by atoms with van der Waals surface area (Å²) in [6, 6.07) is 13.4. The zero-order valence-electron chi connectivity index (χ0n) is 16.1. The van der Waals surface area contributed by atoms with Gasteiger partial charge in [0.25, 0.3) is 11.6 Å². The number of aryl methyl sites for hydroxylation is 1. The minimum absolute atomic E-state index is 0.0255. The van der Waals surface area contributed by atoms with E-state index in [4.69, 9.17) is 9.47 Å². The smallest absolute Gasteiger partial charge is 0.344 e. The second-order valence-corrected chi connectivity index (χ2v) is 6.81. The molecular formula is C21H22N2O6. The highest BCUT2D eigenvalue weighted by Crippen LogP contribution is 2.33. The van der Waals surface area contributed by atoms with E-state index in [1.54, 1.807) is 11.9 Å². The Morgan fingerprint density at radius 1 is 1.14 bits per heavy atom. The first-order valence-corrected chi connectivity index (χ1v) is 9.32. The molecule has 0 bridgehead atoms. The van der Waals surface area contributed by atoms with E-state index >= 15 is 0 Å². The number of rotatable bonds is 7. The lowest BCUT2D eigenvalue weighted by Gasteiger charge is -2.33. The van der Waals surface area contributed by atoms with E-state index in [2.05, 4.69) is 6.07 Å².